The van der Waals surface area contributed by atoms with Crippen LogP contribution in [0.15, 0.2) is 64.3 Å². The number of allylic oxidation sites excluding steroid dienone is 1. The van der Waals surface area contributed by atoms with Gasteiger partial charge in [0.25, 0.3) is 0 Å². The van der Waals surface area contributed by atoms with Gasteiger partial charge in [0.05, 0.1) is 24.4 Å². The van der Waals surface area contributed by atoms with Crippen LogP contribution in [0.3, 0.4) is 0 Å². The highest BCUT2D eigenvalue weighted by Crippen LogP contribution is 2.44. The van der Waals surface area contributed by atoms with Gasteiger partial charge in [-0.1, -0.05) is 34.1 Å². The molecule has 2 unspecified atom stereocenters. The molecule has 0 spiro atoms. The third-order valence-electron chi connectivity index (χ3n) is 5.85. The van der Waals surface area contributed by atoms with E-state index in [1.54, 1.807) is 31.2 Å². The van der Waals surface area contributed by atoms with E-state index in [1.807, 2.05) is 0 Å². The van der Waals surface area contributed by atoms with Crippen molar-refractivity contribution in [2.24, 2.45) is 5.92 Å². The van der Waals surface area contributed by atoms with E-state index >= 15 is 0 Å². The molecule has 0 aliphatic carbocycles. The molecule has 0 bridgehead atoms. The molecule has 0 radical (unpaired) electrons. The molecule has 0 fully saturated rings. The normalized spacial score (nSPS) is 18.1. The molecule has 0 saturated carbocycles. The van der Waals surface area contributed by atoms with Crippen molar-refractivity contribution in [3.8, 4) is 0 Å². The van der Waals surface area contributed by atoms with Gasteiger partial charge in [-0.2, -0.15) is 13.2 Å². The second-order valence-corrected chi connectivity index (χ2v) is 9.07. The quantitative estimate of drug-likeness (QED) is 0.317. The number of halogens is 4. The molecule has 3 rings (SSSR count). The number of anilines is 1. The second kappa shape index (κ2) is 11.9. The maximum atomic E-state index is 13.5. The number of esters is 2. The Hall–Kier alpha value is -3.18. The minimum Gasteiger partial charge on any atom is -0.465 e. The van der Waals surface area contributed by atoms with Crippen LogP contribution in [-0.4, -0.2) is 44.7 Å². The first-order valence-electron chi connectivity index (χ1n) is 11.4. The van der Waals surface area contributed by atoms with Gasteiger partial charge >= 0.3 is 18.1 Å². The summed E-state index contributed by atoms with van der Waals surface area (Å²) >= 11 is 3.36. The Morgan fingerprint density at radius 3 is 2.35 bits per heavy atom. The second-order valence-electron chi connectivity index (χ2n) is 8.16. The molecule has 1 aliphatic heterocycles. The Morgan fingerprint density at radius 2 is 1.76 bits per heavy atom. The molecule has 198 valence electrons. The molecule has 1 N–H and O–H groups in total. The molecule has 2 atom stereocenters. The summed E-state index contributed by atoms with van der Waals surface area (Å²) < 4.78 is 56.8. The number of hydrogen-bond acceptors (Lipinski definition) is 6. The predicted octanol–water partition coefficient (Wildman–Crippen LogP) is 5.69. The van der Waals surface area contributed by atoms with Crippen molar-refractivity contribution in [3.63, 3.8) is 0 Å². The zero-order valence-electron chi connectivity index (χ0n) is 20.4. The molecule has 0 amide bonds. The number of methoxy groups -OCH3 is 1. The van der Waals surface area contributed by atoms with Crippen LogP contribution in [0.5, 0.6) is 0 Å². The predicted molar refractivity (Wildman–Crippen MR) is 134 cm³/mol. The number of hydrogen-bond donors (Lipinski definition) is 1. The smallest absolute Gasteiger partial charge is 0.416 e. The Labute approximate surface area is 220 Å². The third-order valence-corrected chi connectivity index (χ3v) is 6.38. The average Bonchev–Trinajstić information content (AvgIpc) is 2.84. The van der Waals surface area contributed by atoms with E-state index in [-0.39, 0.29) is 42.6 Å². The summed E-state index contributed by atoms with van der Waals surface area (Å²) in [5, 5.41) is 8.96. The van der Waals surface area contributed by atoms with Crippen molar-refractivity contribution in [1.29, 1.82) is 5.41 Å². The van der Waals surface area contributed by atoms with Crippen LogP contribution in [0, 0.1) is 11.3 Å². The number of amidine groups is 1. The largest absolute Gasteiger partial charge is 0.465 e. The molecule has 1 heterocycles. The van der Waals surface area contributed by atoms with E-state index in [9.17, 15) is 22.8 Å². The summed E-state index contributed by atoms with van der Waals surface area (Å²) in [4.78, 5) is 27.8. The van der Waals surface area contributed by atoms with Crippen LogP contribution < -0.4 is 4.90 Å². The van der Waals surface area contributed by atoms with Crippen LogP contribution in [0.25, 0.3) is 0 Å². The lowest BCUT2D eigenvalue weighted by Crippen LogP contribution is -2.48. The Balaban J connectivity index is 2.27. The van der Waals surface area contributed by atoms with Crippen molar-refractivity contribution in [2.75, 3.05) is 31.8 Å². The van der Waals surface area contributed by atoms with E-state index in [1.165, 1.54) is 31.1 Å². The first-order chi connectivity index (χ1) is 17.5. The fourth-order valence-electron chi connectivity index (χ4n) is 4.22. The van der Waals surface area contributed by atoms with Gasteiger partial charge in [0, 0.05) is 28.9 Å². The Kier molecular flexibility index (Phi) is 9.14. The number of nitrogens with zero attached hydrogens (tertiary/aromatic N) is 1. The minimum atomic E-state index is -4.63. The van der Waals surface area contributed by atoms with Gasteiger partial charge in [-0.25, -0.2) is 4.79 Å². The Bertz CT molecular complexity index is 1200. The topological polar surface area (TPSA) is 88.9 Å². The number of alkyl halides is 3. The lowest BCUT2D eigenvalue weighted by atomic mass is 9.75. The molecule has 37 heavy (non-hydrogen) atoms. The first kappa shape index (κ1) is 28.4. The van der Waals surface area contributed by atoms with Gasteiger partial charge in [-0.05, 0) is 49.7 Å². The van der Waals surface area contributed by atoms with Crippen LogP contribution in [0.4, 0.5) is 18.9 Å². The summed E-state index contributed by atoms with van der Waals surface area (Å²) in [7, 11) is 1.44. The van der Waals surface area contributed by atoms with Crippen LogP contribution >= 0.6 is 15.9 Å². The van der Waals surface area contributed by atoms with Gasteiger partial charge < -0.3 is 19.1 Å². The standard InChI is InChI=1S/C26H26BrF3N2O5/c1-4-36-25(34)22-21(16-8-10-18(27)11-9-16)20(24(33)37-13-12-35-3)15(2)32(23(22)31)19-7-5-6-17(14-19)26(28,29)30/h5-11,14,21-22,31H,4,12-13H2,1-3H3. The monoisotopic (exact) mass is 582 g/mol. The van der Waals surface area contributed by atoms with Gasteiger partial charge in [0.15, 0.2) is 0 Å². The van der Waals surface area contributed by atoms with Gasteiger partial charge in [0.1, 0.15) is 18.4 Å². The van der Waals surface area contributed by atoms with Crippen molar-refractivity contribution in [2.45, 2.75) is 25.9 Å². The zero-order valence-corrected chi connectivity index (χ0v) is 22.0. The molecule has 0 saturated heterocycles. The summed E-state index contributed by atoms with van der Waals surface area (Å²) in [6, 6.07) is 11.2. The van der Waals surface area contributed by atoms with Crippen LogP contribution in [0.2, 0.25) is 0 Å². The first-order valence-corrected chi connectivity index (χ1v) is 12.1. The summed E-state index contributed by atoms with van der Waals surface area (Å²) in [5.41, 5.74) is -0.224. The molecular weight excluding hydrogens is 557 g/mol. The highest BCUT2D eigenvalue weighted by molar-refractivity contribution is 9.10. The fraction of sp³-hybridized carbons (Fsp3) is 0.346. The van der Waals surface area contributed by atoms with Crippen molar-refractivity contribution in [1.82, 2.24) is 0 Å². The summed E-state index contributed by atoms with van der Waals surface area (Å²) in [5.74, 6) is -4.19. The van der Waals surface area contributed by atoms with E-state index in [2.05, 4.69) is 15.9 Å². The minimum absolute atomic E-state index is 0.00947. The van der Waals surface area contributed by atoms with Gasteiger partial charge in [0.2, 0.25) is 0 Å². The number of carbonyl (C=O) groups excluding carboxylic acids is 2. The maximum absolute atomic E-state index is 13.5. The van der Waals surface area contributed by atoms with Crippen LogP contribution in [0.1, 0.15) is 30.9 Å². The summed E-state index contributed by atoms with van der Waals surface area (Å²) in [6.45, 7) is 3.16. The summed E-state index contributed by atoms with van der Waals surface area (Å²) in [6.07, 6.45) is -4.63. The molecule has 1 aliphatic rings. The molecule has 2 aromatic carbocycles. The number of carbonyl (C=O) groups is 2. The molecule has 0 aromatic heterocycles. The maximum Gasteiger partial charge on any atom is 0.416 e. The Morgan fingerprint density at radius 1 is 1.08 bits per heavy atom. The molecule has 11 heteroatoms. The molecule has 2 aromatic rings. The highest BCUT2D eigenvalue weighted by Gasteiger charge is 2.47. The van der Waals surface area contributed by atoms with Gasteiger partial charge in [-0.3, -0.25) is 10.2 Å². The fourth-order valence-corrected chi connectivity index (χ4v) is 4.49. The van der Waals surface area contributed by atoms with Gasteiger partial charge in [-0.15, -0.1) is 0 Å². The lowest BCUT2D eigenvalue weighted by molar-refractivity contribution is -0.146. The molecular formula is C26H26BrF3N2O5. The van der Waals surface area contributed by atoms with E-state index in [4.69, 9.17) is 19.6 Å². The van der Waals surface area contributed by atoms with E-state index in [0.29, 0.717) is 5.56 Å². The SMILES string of the molecule is CCOC(=O)C1C(=N)N(c2cccc(C(F)(F)F)c2)C(C)=C(C(=O)OCCOC)C1c1ccc(Br)cc1. The van der Waals surface area contributed by atoms with Crippen molar-refractivity contribution in [3.05, 3.63) is 75.4 Å². The van der Waals surface area contributed by atoms with Crippen molar-refractivity contribution < 1.29 is 37.0 Å². The average molecular weight is 583 g/mol. The van der Waals surface area contributed by atoms with E-state index in [0.717, 1.165) is 16.6 Å². The van der Waals surface area contributed by atoms with Crippen molar-refractivity contribution >= 4 is 39.4 Å². The highest BCUT2D eigenvalue weighted by atomic mass is 79.9. The number of ether oxygens (including phenoxy) is 3. The molecule has 7 nitrogen and oxygen atoms in total. The zero-order chi connectivity index (χ0) is 27.3. The van der Waals surface area contributed by atoms with E-state index < -0.39 is 35.5 Å². The number of benzene rings is 2. The third kappa shape index (κ3) is 6.22. The van der Waals surface area contributed by atoms with Crippen LogP contribution in [-0.2, 0) is 30.0 Å². The lowest BCUT2D eigenvalue weighted by Gasteiger charge is -2.40. The number of rotatable bonds is 8. The number of nitrogens with one attached hydrogen (secondary N) is 1.